The van der Waals surface area contributed by atoms with E-state index in [1.54, 1.807) is 5.48 Å². The summed E-state index contributed by atoms with van der Waals surface area (Å²) >= 11 is 0. The standard InChI is InChI=1S/C10H19NO2/c1-4-7-5-8(10(7,2)3)6-9(12)11-13/h7-8,13H,4-6H2,1-3H3,(H,11,12)/t7-,8-/m1/s1. The van der Waals surface area contributed by atoms with Gasteiger partial charge in [-0.05, 0) is 23.7 Å². The van der Waals surface area contributed by atoms with E-state index in [1.807, 2.05) is 0 Å². The Kier molecular flexibility index (Phi) is 2.96. The van der Waals surface area contributed by atoms with E-state index >= 15 is 0 Å². The highest BCUT2D eigenvalue weighted by atomic mass is 16.5. The molecule has 1 fully saturated rings. The number of rotatable bonds is 3. The fraction of sp³-hybridized carbons (Fsp3) is 0.900. The zero-order valence-corrected chi connectivity index (χ0v) is 8.63. The van der Waals surface area contributed by atoms with Crippen molar-refractivity contribution < 1.29 is 10.0 Å². The van der Waals surface area contributed by atoms with Crippen LogP contribution in [0.25, 0.3) is 0 Å². The maximum atomic E-state index is 10.9. The number of hydrogen-bond acceptors (Lipinski definition) is 2. The van der Waals surface area contributed by atoms with Gasteiger partial charge >= 0.3 is 0 Å². The van der Waals surface area contributed by atoms with Gasteiger partial charge in [-0.15, -0.1) is 0 Å². The molecule has 0 aliphatic heterocycles. The minimum Gasteiger partial charge on any atom is -0.289 e. The molecule has 1 rings (SSSR count). The van der Waals surface area contributed by atoms with Gasteiger partial charge in [-0.3, -0.25) is 10.0 Å². The Morgan fingerprint density at radius 3 is 2.54 bits per heavy atom. The van der Waals surface area contributed by atoms with Crippen molar-refractivity contribution in [2.24, 2.45) is 17.3 Å². The summed E-state index contributed by atoms with van der Waals surface area (Å²) in [6.07, 6.45) is 2.77. The SMILES string of the molecule is CC[C@@H]1C[C@H](CC(=O)NO)C1(C)C. The molecule has 0 radical (unpaired) electrons. The molecule has 3 nitrogen and oxygen atoms in total. The van der Waals surface area contributed by atoms with Gasteiger partial charge < -0.3 is 0 Å². The van der Waals surface area contributed by atoms with Crippen LogP contribution in [-0.4, -0.2) is 11.1 Å². The summed E-state index contributed by atoms with van der Waals surface area (Å²) in [6.45, 7) is 6.61. The highest BCUT2D eigenvalue weighted by molar-refractivity contribution is 5.75. The molecule has 0 aromatic carbocycles. The summed E-state index contributed by atoms with van der Waals surface area (Å²) in [6, 6.07) is 0. The van der Waals surface area contributed by atoms with Crippen LogP contribution >= 0.6 is 0 Å². The molecule has 1 aliphatic carbocycles. The molecule has 0 aromatic heterocycles. The lowest BCUT2D eigenvalue weighted by atomic mass is 9.53. The summed E-state index contributed by atoms with van der Waals surface area (Å²) in [5, 5.41) is 8.40. The van der Waals surface area contributed by atoms with Gasteiger partial charge in [-0.2, -0.15) is 0 Å². The quantitative estimate of drug-likeness (QED) is 0.521. The van der Waals surface area contributed by atoms with Crippen LogP contribution < -0.4 is 5.48 Å². The molecule has 13 heavy (non-hydrogen) atoms. The molecule has 2 N–H and O–H groups in total. The zero-order valence-electron chi connectivity index (χ0n) is 8.63. The molecule has 0 saturated heterocycles. The number of amides is 1. The van der Waals surface area contributed by atoms with E-state index in [1.165, 1.54) is 6.42 Å². The molecule has 0 spiro atoms. The van der Waals surface area contributed by atoms with Crippen molar-refractivity contribution in [3.05, 3.63) is 0 Å². The molecule has 1 saturated carbocycles. The Morgan fingerprint density at radius 1 is 1.54 bits per heavy atom. The smallest absolute Gasteiger partial charge is 0.243 e. The van der Waals surface area contributed by atoms with Crippen LogP contribution in [0.4, 0.5) is 0 Å². The first-order chi connectivity index (χ1) is 6.02. The number of nitrogens with one attached hydrogen (secondary N) is 1. The van der Waals surface area contributed by atoms with E-state index in [0.29, 0.717) is 12.3 Å². The van der Waals surface area contributed by atoms with Crippen molar-refractivity contribution in [3.8, 4) is 0 Å². The van der Waals surface area contributed by atoms with E-state index in [4.69, 9.17) is 5.21 Å². The van der Waals surface area contributed by atoms with E-state index in [2.05, 4.69) is 20.8 Å². The van der Waals surface area contributed by atoms with Crippen LogP contribution in [0.5, 0.6) is 0 Å². The topological polar surface area (TPSA) is 49.3 Å². The van der Waals surface area contributed by atoms with Gasteiger partial charge in [0.25, 0.3) is 0 Å². The summed E-state index contributed by atoms with van der Waals surface area (Å²) in [7, 11) is 0. The van der Waals surface area contributed by atoms with Crippen LogP contribution in [0.2, 0.25) is 0 Å². The molecule has 1 amide bonds. The molecule has 0 bridgehead atoms. The van der Waals surface area contributed by atoms with E-state index in [9.17, 15) is 4.79 Å². The van der Waals surface area contributed by atoms with Gasteiger partial charge in [0, 0.05) is 6.42 Å². The summed E-state index contributed by atoms with van der Waals surface area (Å²) in [5.74, 6) is 0.918. The Bertz CT molecular complexity index is 201. The van der Waals surface area contributed by atoms with Gasteiger partial charge in [-0.25, -0.2) is 5.48 Å². The van der Waals surface area contributed by atoms with Crippen LogP contribution in [-0.2, 0) is 4.79 Å². The first kappa shape index (κ1) is 10.5. The molecule has 3 heteroatoms. The third-order valence-electron chi connectivity index (χ3n) is 3.72. The van der Waals surface area contributed by atoms with Gasteiger partial charge in [-0.1, -0.05) is 27.2 Å². The second kappa shape index (κ2) is 3.66. The van der Waals surface area contributed by atoms with Gasteiger partial charge in [0.05, 0.1) is 0 Å². The van der Waals surface area contributed by atoms with Gasteiger partial charge in [0.1, 0.15) is 0 Å². The highest BCUT2D eigenvalue weighted by Crippen LogP contribution is 2.54. The van der Waals surface area contributed by atoms with Crippen molar-refractivity contribution in [2.45, 2.75) is 40.0 Å². The lowest BCUT2D eigenvalue weighted by Crippen LogP contribution is -2.46. The van der Waals surface area contributed by atoms with Crippen molar-refractivity contribution in [1.82, 2.24) is 5.48 Å². The third kappa shape index (κ3) is 1.85. The average Bonchev–Trinajstić information content (AvgIpc) is 2.10. The van der Waals surface area contributed by atoms with Crippen molar-refractivity contribution in [3.63, 3.8) is 0 Å². The molecule has 1 aliphatic rings. The minimum absolute atomic E-state index is 0.257. The second-order valence-electron chi connectivity index (χ2n) is 4.60. The predicted molar refractivity (Wildman–Crippen MR) is 50.2 cm³/mol. The Labute approximate surface area is 79.5 Å². The summed E-state index contributed by atoms with van der Waals surface area (Å²) in [5.41, 5.74) is 1.96. The summed E-state index contributed by atoms with van der Waals surface area (Å²) in [4.78, 5) is 10.9. The maximum absolute atomic E-state index is 10.9. The van der Waals surface area contributed by atoms with Gasteiger partial charge in [0.2, 0.25) is 5.91 Å². The van der Waals surface area contributed by atoms with Crippen LogP contribution in [0, 0.1) is 17.3 Å². The molecular weight excluding hydrogens is 166 g/mol. The molecule has 0 aromatic rings. The monoisotopic (exact) mass is 185 g/mol. The fourth-order valence-corrected chi connectivity index (χ4v) is 2.43. The Balaban J connectivity index is 2.44. The van der Waals surface area contributed by atoms with E-state index in [0.717, 1.165) is 12.3 Å². The minimum atomic E-state index is -0.257. The second-order valence-corrected chi connectivity index (χ2v) is 4.60. The van der Waals surface area contributed by atoms with Crippen LogP contribution in [0.3, 0.4) is 0 Å². The maximum Gasteiger partial charge on any atom is 0.243 e. The number of carbonyl (C=O) groups excluding carboxylic acids is 1. The molecular formula is C10H19NO2. The van der Waals surface area contributed by atoms with Gasteiger partial charge in [0.15, 0.2) is 0 Å². The normalized spacial score (nSPS) is 30.8. The van der Waals surface area contributed by atoms with Crippen molar-refractivity contribution in [2.75, 3.05) is 0 Å². The van der Waals surface area contributed by atoms with E-state index < -0.39 is 0 Å². The van der Waals surface area contributed by atoms with Crippen molar-refractivity contribution >= 4 is 5.91 Å². The predicted octanol–water partition coefficient (Wildman–Crippen LogP) is 1.95. The highest BCUT2D eigenvalue weighted by Gasteiger charge is 2.47. The lowest BCUT2D eigenvalue weighted by Gasteiger charge is -2.52. The Morgan fingerprint density at radius 2 is 2.15 bits per heavy atom. The largest absolute Gasteiger partial charge is 0.289 e. The van der Waals surface area contributed by atoms with Crippen LogP contribution in [0.1, 0.15) is 40.0 Å². The molecule has 0 unspecified atom stereocenters. The first-order valence-corrected chi connectivity index (χ1v) is 4.95. The van der Waals surface area contributed by atoms with Crippen LogP contribution in [0.15, 0.2) is 0 Å². The summed E-state index contributed by atoms with van der Waals surface area (Å²) < 4.78 is 0. The van der Waals surface area contributed by atoms with Crippen molar-refractivity contribution in [1.29, 1.82) is 0 Å². The number of hydroxylamine groups is 1. The number of carbonyl (C=O) groups is 1. The number of hydrogen-bond donors (Lipinski definition) is 2. The third-order valence-corrected chi connectivity index (χ3v) is 3.72. The molecule has 0 heterocycles. The van der Waals surface area contributed by atoms with E-state index in [-0.39, 0.29) is 11.3 Å². The Hall–Kier alpha value is -0.570. The molecule has 76 valence electrons. The zero-order chi connectivity index (χ0) is 10.1. The fourth-order valence-electron chi connectivity index (χ4n) is 2.43. The molecule has 2 atom stereocenters. The lowest BCUT2D eigenvalue weighted by molar-refractivity contribution is -0.135. The first-order valence-electron chi connectivity index (χ1n) is 4.95. The average molecular weight is 185 g/mol.